The lowest BCUT2D eigenvalue weighted by atomic mass is 9.83. The largest absolute Gasteiger partial charge is 0.508 e. The van der Waals surface area contributed by atoms with Crippen molar-refractivity contribution in [3.63, 3.8) is 0 Å². The van der Waals surface area contributed by atoms with Crippen molar-refractivity contribution in [1.82, 2.24) is 5.32 Å². The van der Waals surface area contributed by atoms with Crippen LogP contribution in [-0.2, 0) is 9.47 Å². The van der Waals surface area contributed by atoms with Gasteiger partial charge in [0.05, 0.1) is 5.70 Å². The predicted molar refractivity (Wildman–Crippen MR) is 83.8 cm³/mol. The van der Waals surface area contributed by atoms with Gasteiger partial charge in [-0.2, -0.15) is 0 Å². The zero-order valence-electron chi connectivity index (χ0n) is 13.0. The van der Waals surface area contributed by atoms with Crippen LogP contribution in [0.15, 0.2) is 11.5 Å². The normalized spacial score (nSPS) is 43.8. The molecule has 5 atom stereocenters. The van der Waals surface area contributed by atoms with Gasteiger partial charge in [-0.3, -0.25) is 0 Å². The van der Waals surface area contributed by atoms with E-state index >= 15 is 0 Å². The molecule has 0 aromatic carbocycles. The number of hydrogen-bond donors (Lipinski definition) is 7. The van der Waals surface area contributed by atoms with Crippen molar-refractivity contribution in [2.24, 2.45) is 0 Å². The minimum absolute atomic E-state index is 0.00576. The Morgan fingerprint density at radius 1 is 1.39 bits per heavy atom. The Kier molecular flexibility index (Phi) is 5.83. The van der Waals surface area contributed by atoms with Crippen molar-refractivity contribution >= 4 is 12.6 Å². The van der Waals surface area contributed by atoms with E-state index in [1.54, 1.807) is 0 Å². The summed E-state index contributed by atoms with van der Waals surface area (Å²) >= 11 is 3.89. The molecule has 134 valence electrons. The first-order valence-electron chi connectivity index (χ1n) is 7.60. The van der Waals surface area contributed by atoms with Gasteiger partial charge in [0.2, 0.25) is 5.12 Å². The molecule has 2 aliphatic heterocycles. The van der Waals surface area contributed by atoms with Gasteiger partial charge in [-0.1, -0.05) is 0 Å². The fraction of sp³-hybridized carbons (Fsp3) is 0.857. The number of nitrogens with one attached hydrogen (secondary N) is 1. The number of allylic oxidation sites excluding steroid dienone is 1. The van der Waals surface area contributed by atoms with Gasteiger partial charge in [0, 0.05) is 26.7 Å². The maximum Gasteiger partial charge on any atom is 0.246 e. The highest BCUT2D eigenvalue weighted by Gasteiger charge is 2.62. The van der Waals surface area contributed by atoms with Crippen LogP contribution >= 0.6 is 12.6 Å². The highest BCUT2D eigenvalue weighted by Crippen LogP contribution is 2.43. The van der Waals surface area contributed by atoms with Crippen molar-refractivity contribution in [1.29, 1.82) is 0 Å². The molecule has 2 aliphatic rings. The first-order chi connectivity index (χ1) is 10.7. The topological polar surface area (TPSA) is 132 Å². The Labute approximate surface area is 140 Å². The third-order valence-corrected chi connectivity index (χ3v) is 4.93. The maximum absolute atomic E-state index is 10.5. The van der Waals surface area contributed by atoms with E-state index in [1.165, 1.54) is 7.11 Å². The molecule has 2 fully saturated rings. The molecule has 0 unspecified atom stereocenters. The van der Waals surface area contributed by atoms with E-state index in [0.717, 1.165) is 12.8 Å². The molecule has 0 aromatic heterocycles. The second-order valence-electron chi connectivity index (χ2n) is 6.00. The molecule has 0 spiro atoms. The van der Waals surface area contributed by atoms with E-state index in [1.807, 2.05) is 0 Å². The molecule has 0 aliphatic carbocycles. The fourth-order valence-electron chi connectivity index (χ4n) is 2.92. The van der Waals surface area contributed by atoms with Gasteiger partial charge in [-0.15, -0.1) is 12.6 Å². The first-order valence-corrected chi connectivity index (χ1v) is 8.05. The molecule has 6 N–H and O–H groups in total. The highest BCUT2D eigenvalue weighted by molar-refractivity contribution is 7.81. The molecule has 9 heteroatoms. The van der Waals surface area contributed by atoms with Gasteiger partial charge in [0.1, 0.15) is 24.1 Å². The molecule has 0 saturated carbocycles. The monoisotopic (exact) mass is 351 g/mol. The minimum atomic E-state index is -2.47. The van der Waals surface area contributed by atoms with E-state index in [9.17, 15) is 25.5 Å². The summed E-state index contributed by atoms with van der Waals surface area (Å²) in [5.74, 6) is -0.308. The lowest BCUT2D eigenvalue weighted by Gasteiger charge is -2.51. The first kappa shape index (κ1) is 18.8. The summed E-state index contributed by atoms with van der Waals surface area (Å²) in [5.41, 5.74) is -1.77. The van der Waals surface area contributed by atoms with Crippen LogP contribution in [0.5, 0.6) is 0 Å². The number of piperidine rings is 1. The smallest absolute Gasteiger partial charge is 0.246 e. The summed E-state index contributed by atoms with van der Waals surface area (Å²) in [5, 5.41) is 52.3. The maximum atomic E-state index is 10.5. The Balaban J connectivity index is 2.26. The second-order valence-corrected chi connectivity index (χ2v) is 6.60. The molecule has 0 bridgehead atoms. The molecule has 23 heavy (non-hydrogen) atoms. The minimum Gasteiger partial charge on any atom is -0.508 e. The summed E-state index contributed by atoms with van der Waals surface area (Å²) in [6, 6.07) is 0. The highest BCUT2D eigenvalue weighted by atomic mass is 32.1. The number of aliphatic hydroxyl groups excluding tert-OH is 3. The fourth-order valence-corrected chi connectivity index (χ4v) is 3.28. The molecule has 8 nitrogen and oxygen atoms in total. The van der Waals surface area contributed by atoms with Crippen molar-refractivity contribution in [2.75, 3.05) is 20.3 Å². The van der Waals surface area contributed by atoms with E-state index in [4.69, 9.17) is 9.47 Å². The quantitative estimate of drug-likeness (QED) is 0.195. The van der Waals surface area contributed by atoms with Gasteiger partial charge in [0.15, 0.2) is 5.60 Å². The van der Waals surface area contributed by atoms with E-state index < -0.39 is 29.0 Å². The molecular weight excluding hydrogens is 326 g/mol. The standard InChI is InChI=1S/C14H25NO7S/c1-21-7-5-13(19)12(18)10(17)11(22-14(13,20)23)9(16)8-4-2-3-6-15-8/h10-12,15-20,23H,2-7H2,1H3/b9-8-/t10-,11-,12+,13-,14-/m1/s1. The van der Waals surface area contributed by atoms with Crippen LogP contribution < -0.4 is 5.32 Å². The Morgan fingerprint density at radius 3 is 2.65 bits per heavy atom. The number of aliphatic hydroxyl groups is 5. The summed E-state index contributed by atoms with van der Waals surface area (Å²) in [6.45, 7) is 0.680. The number of rotatable bonds is 4. The Bertz CT molecular complexity index is 450. The SMILES string of the molecule is COCC[C@@]1(O)[C@@H](O)[C@H](O)[C@@H](/C(O)=C2\CCCCN2)O[C@@]1(O)S. The van der Waals surface area contributed by atoms with Gasteiger partial charge < -0.3 is 40.3 Å². The lowest BCUT2D eigenvalue weighted by Crippen LogP contribution is -2.71. The molecular formula is C14H25NO7S. The molecule has 0 radical (unpaired) electrons. The van der Waals surface area contributed by atoms with Crippen molar-refractivity contribution in [2.45, 2.75) is 54.7 Å². The van der Waals surface area contributed by atoms with Crippen molar-refractivity contribution in [3.8, 4) is 0 Å². The van der Waals surface area contributed by atoms with Gasteiger partial charge in [-0.25, -0.2) is 0 Å². The number of thiol groups is 1. The molecule has 2 saturated heterocycles. The summed E-state index contributed by atoms with van der Waals surface area (Å²) in [6.07, 6.45) is -2.67. The third kappa shape index (κ3) is 3.46. The summed E-state index contributed by atoms with van der Waals surface area (Å²) < 4.78 is 10.1. The van der Waals surface area contributed by atoms with Crippen molar-refractivity contribution in [3.05, 3.63) is 11.5 Å². The van der Waals surface area contributed by atoms with Gasteiger partial charge in [0.25, 0.3) is 0 Å². The van der Waals surface area contributed by atoms with Gasteiger partial charge in [-0.05, 0) is 19.3 Å². The Hall–Kier alpha value is -0.550. The average Bonchev–Trinajstić information content (AvgIpc) is 2.55. The Morgan fingerprint density at radius 2 is 2.09 bits per heavy atom. The second kappa shape index (κ2) is 7.14. The average molecular weight is 351 g/mol. The number of ether oxygens (including phenoxy) is 2. The summed E-state index contributed by atoms with van der Waals surface area (Å²) in [4.78, 5) is 0. The predicted octanol–water partition coefficient (Wildman–Crippen LogP) is -1.01. The zero-order valence-corrected chi connectivity index (χ0v) is 13.9. The van der Waals surface area contributed by atoms with Crippen LogP contribution in [0.3, 0.4) is 0 Å². The van der Waals surface area contributed by atoms with Crippen LogP contribution in [-0.4, -0.2) is 74.8 Å². The van der Waals surface area contributed by atoms with E-state index in [-0.39, 0.29) is 18.8 Å². The van der Waals surface area contributed by atoms with Crippen LogP contribution in [0.1, 0.15) is 25.7 Å². The molecule has 0 aromatic rings. The van der Waals surface area contributed by atoms with E-state index in [2.05, 4.69) is 17.9 Å². The van der Waals surface area contributed by atoms with Crippen molar-refractivity contribution < 1.29 is 35.0 Å². The summed E-state index contributed by atoms with van der Waals surface area (Å²) in [7, 11) is 1.39. The molecule has 0 amide bonds. The van der Waals surface area contributed by atoms with Crippen LogP contribution in [0.25, 0.3) is 0 Å². The number of methoxy groups -OCH3 is 1. The molecule has 2 heterocycles. The van der Waals surface area contributed by atoms with Gasteiger partial charge >= 0.3 is 0 Å². The lowest BCUT2D eigenvalue weighted by molar-refractivity contribution is -0.343. The van der Waals surface area contributed by atoms with E-state index in [0.29, 0.717) is 18.7 Å². The molecule has 2 rings (SSSR count). The number of hydrogen-bond acceptors (Lipinski definition) is 9. The zero-order chi connectivity index (χ0) is 17.3. The van der Waals surface area contributed by atoms with Crippen LogP contribution in [0, 0.1) is 0 Å². The van der Waals surface area contributed by atoms with Crippen LogP contribution in [0.4, 0.5) is 0 Å². The van der Waals surface area contributed by atoms with Crippen LogP contribution in [0.2, 0.25) is 0 Å². The third-order valence-electron chi connectivity index (χ3n) is 4.44.